The quantitative estimate of drug-likeness (QED) is 0.865. The van der Waals surface area contributed by atoms with Crippen molar-refractivity contribution >= 4 is 22.8 Å². The van der Waals surface area contributed by atoms with E-state index in [1.54, 1.807) is 6.20 Å². The molecule has 0 saturated heterocycles. The van der Waals surface area contributed by atoms with Crippen molar-refractivity contribution in [2.45, 2.75) is 20.4 Å². The molecule has 0 aliphatic carbocycles. The topological polar surface area (TPSA) is 59.1 Å². The molecule has 0 aliphatic rings. The van der Waals surface area contributed by atoms with E-state index in [0.29, 0.717) is 12.3 Å². The van der Waals surface area contributed by atoms with Crippen LogP contribution in [-0.2, 0) is 16.1 Å². The molecule has 1 N–H and O–H groups in total. The number of rotatable bonds is 5. The SMILES string of the molecule is CC(=O)SCC(C)C(=O)NCc1ccccn1. The fraction of sp³-hybridized carbons (Fsp3) is 0.417. The third-order valence-electron chi connectivity index (χ3n) is 2.15. The van der Waals surface area contributed by atoms with E-state index in [1.165, 1.54) is 18.7 Å². The molecule has 1 atom stereocenters. The molecule has 92 valence electrons. The Balaban J connectivity index is 2.32. The number of hydrogen-bond acceptors (Lipinski definition) is 4. The van der Waals surface area contributed by atoms with Crippen LogP contribution in [0.3, 0.4) is 0 Å². The van der Waals surface area contributed by atoms with Crippen molar-refractivity contribution in [1.82, 2.24) is 10.3 Å². The first-order chi connectivity index (χ1) is 8.09. The van der Waals surface area contributed by atoms with E-state index in [9.17, 15) is 9.59 Å². The number of carbonyl (C=O) groups is 2. The molecule has 0 spiro atoms. The Morgan fingerprint density at radius 3 is 2.82 bits per heavy atom. The van der Waals surface area contributed by atoms with Gasteiger partial charge in [-0.2, -0.15) is 0 Å². The van der Waals surface area contributed by atoms with E-state index < -0.39 is 0 Å². The standard InChI is InChI=1S/C12H16N2O2S/c1-9(8-17-10(2)15)12(16)14-7-11-5-3-4-6-13-11/h3-6,9H,7-8H2,1-2H3,(H,14,16). The molecule has 0 aliphatic heterocycles. The Morgan fingerprint density at radius 1 is 1.47 bits per heavy atom. The number of nitrogens with zero attached hydrogens (tertiary/aromatic N) is 1. The molecule has 0 bridgehead atoms. The fourth-order valence-electron chi connectivity index (χ4n) is 1.17. The molecule has 0 aromatic carbocycles. The highest BCUT2D eigenvalue weighted by molar-refractivity contribution is 8.13. The highest BCUT2D eigenvalue weighted by Gasteiger charge is 2.13. The first kappa shape index (κ1) is 13.7. The van der Waals surface area contributed by atoms with Gasteiger partial charge in [-0.15, -0.1) is 0 Å². The summed E-state index contributed by atoms with van der Waals surface area (Å²) in [5, 5.41) is 2.83. The van der Waals surface area contributed by atoms with Gasteiger partial charge in [-0.05, 0) is 12.1 Å². The molecule has 0 saturated carbocycles. The van der Waals surface area contributed by atoms with E-state index in [-0.39, 0.29) is 16.9 Å². The van der Waals surface area contributed by atoms with Crippen LogP contribution >= 0.6 is 11.8 Å². The summed E-state index contributed by atoms with van der Waals surface area (Å²) in [5.41, 5.74) is 0.826. The lowest BCUT2D eigenvalue weighted by atomic mass is 10.2. The number of hydrogen-bond donors (Lipinski definition) is 1. The van der Waals surface area contributed by atoms with Gasteiger partial charge in [0.25, 0.3) is 0 Å². The Hall–Kier alpha value is -1.36. The van der Waals surface area contributed by atoms with Gasteiger partial charge in [-0.1, -0.05) is 24.8 Å². The maximum Gasteiger partial charge on any atom is 0.223 e. The minimum Gasteiger partial charge on any atom is -0.350 e. The summed E-state index contributed by atoms with van der Waals surface area (Å²) in [6.45, 7) is 3.74. The molecule has 0 radical (unpaired) electrons. The van der Waals surface area contributed by atoms with E-state index in [4.69, 9.17) is 0 Å². The number of amides is 1. The van der Waals surface area contributed by atoms with Crippen LogP contribution < -0.4 is 5.32 Å². The second-order valence-electron chi connectivity index (χ2n) is 3.74. The molecule has 0 fully saturated rings. The van der Waals surface area contributed by atoms with Gasteiger partial charge in [-0.25, -0.2) is 0 Å². The third kappa shape index (κ3) is 5.49. The molecule has 1 rings (SSSR count). The number of nitrogens with one attached hydrogen (secondary N) is 1. The molecule has 1 aromatic rings. The van der Waals surface area contributed by atoms with E-state index >= 15 is 0 Å². The summed E-state index contributed by atoms with van der Waals surface area (Å²) in [6, 6.07) is 5.57. The van der Waals surface area contributed by atoms with Crippen LogP contribution in [0.2, 0.25) is 0 Å². The van der Waals surface area contributed by atoms with Gasteiger partial charge < -0.3 is 5.32 Å². The predicted molar refractivity (Wildman–Crippen MR) is 68.4 cm³/mol. The van der Waals surface area contributed by atoms with E-state index in [1.807, 2.05) is 25.1 Å². The Kier molecular flexibility index (Phi) is 5.69. The fourth-order valence-corrected chi connectivity index (χ4v) is 1.81. The summed E-state index contributed by atoms with van der Waals surface area (Å²) in [5.74, 6) is 0.292. The van der Waals surface area contributed by atoms with E-state index in [0.717, 1.165) is 5.69 Å². The lowest BCUT2D eigenvalue weighted by molar-refractivity contribution is -0.124. The van der Waals surface area contributed by atoms with Gasteiger partial charge in [0.2, 0.25) is 5.91 Å². The highest BCUT2D eigenvalue weighted by atomic mass is 32.2. The van der Waals surface area contributed by atoms with Crippen LogP contribution in [0.25, 0.3) is 0 Å². The zero-order valence-electron chi connectivity index (χ0n) is 9.97. The van der Waals surface area contributed by atoms with Crippen molar-refractivity contribution < 1.29 is 9.59 Å². The van der Waals surface area contributed by atoms with Crippen LogP contribution in [0, 0.1) is 5.92 Å². The summed E-state index contributed by atoms with van der Waals surface area (Å²) in [7, 11) is 0. The molecule has 5 heteroatoms. The highest BCUT2D eigenvalue weighted by Crippen LogP contribution is 2.09. The van der Waals surface area contributed by atoms with Crippen LogP contribution in [0.4, 0.5) is 0 Å². The second kappa shape index (κ2) is 7.06. The summed E-state index contributed by atoms with van der Waals surface area (Å²) in [4.78, 5) is 26.5. The van der Waals surface area contributed by atoms with Gasteiger partial charge in [0, 0.05) is 24.8 Å². The van der Waals surface area contributed by atoms with Crippen LogP contribution in [0.15, 0.2) is 24.4 Å². The number of thioether (sulfide) groups is 1. The number of aromatic nitrogens is 1. The Bertz CT molecular complexity index is 381. The number of carbonyl (C=O) groups excluding carboxylic acids is 2. The predicted octanol–water partition coefficient (Wildman–Crippen LogP) is 1.61. The second-order valence-corrected chi connectivity index (χ2v) is 4.94. The molecule has 1 amide bonds. The average molecular weight is 252 g/mol. The van der Waals surface area contributed by atoms with Gasteiger partial charge in [0.1, 0.15) is 0 Å². The van der Waals surface area contributed by atoms with Gasteiger partial charge in [0.05, 0.1) is 12.2 Å². The van der Waals surface area contributed by atoms with Gasteiger partial charge in [0.15, 0.2) is 5.12 Å². The average Bonchev–Trinajstić information content (AvgIpc) is 2.34. The first-order valence-electron chi connectivity index (χ1n) is 5.40. The van der Waals surface area contributed by atoms with Crippen LogP contribution in [0.5, 0.6) is 0 Å². The monoisotopic (exact) mass is 252 g/mol. The molecule has 4 nitrogen and oxygen atoms in total. The van der Waals surface area contributed by atoms with Crippen molar-refractivity contribution in [3.8, 4) is 0 Å². The van der Waals surface area contributed by atoms with Crippen LogP contribution in [-0.4, -0.2) is 21.8 Å². The minimum atomic E-state index is -0.174. The third-order valence-corrected chi connectivity index (χ3v) is 3.23. The molecule has 1 unspecified atom stereocenters. The number of pyridine rings is 1. The van der Waals surface area contributed by atoms with Crippen molar-refractivity contribution in [2.24, 2.45) is 5.92 Å². The molecular formula is C12H16N2O2S. The zero-order valence-corrected chi connectivity index (χ0v) is 10.8. The summed E-state index contributed by atoms with van der Waals surface area (Å²) < 4.78 is 0. The van der Waals surface area contributed by atoms with Gasteiger partial charge >= 0.3 is 0 Å². The van der Waals surface area contributed by atoms with Crippen molar-refractivity contribution in [2.75, 3.05) is 5.75 Å². The normalized spacial score (nSPS) is 11.9. The van der Waals surface area contributed by atoms with Crippen molar-refractivity contribution in [3.63, 3.8) is 0 Å². The van der Waals surface area contributed by atoms with Crippen molar-refractivity contribution in [1.29, 1.82) is 0 Å². The lowest BCUT2D eigenvalue weighted by Crippen LogP contribution is -2.30. The minimum absolute atomic E-state index is 0.0365. The Morgan fingerprint density at radius 2 is 2.24 bits per heavy atom. The largest absolute Gasteiger partial charge is 0.350 e. The smallest absolute Gasteiger partial charge is 0.223 e. The molecule has 17 heavy (non-hydrogen) atoms. The van der Waals surface area contributed by atoms with E-state index in [2.05, 4.69) is 10.3 Å². The lowest BCUT2D eigenvalue weighted by Gasteiger charge is -2.10. The maximum absolute atomic E-state index is 11.7. The first-order valence-corrected chi connectivity index (χ1v) is 6.39. The zero-order chi connectivity index (χ0) is 12.7. The molecular weight excluding hydrogens is 236 g/mol. The van der Waals surface area contributed by atoms with Crippen LogP contribution in [0.1, 0.15) is 19.5 Å². The summed E-state index contributed by atoms with van der Waals surface area (Å²) >= 11 is 1.17. The van der Waals surface area contributed by atoms with Gasteiger partial charge in [-0.3, -0.25) is 14.6 Å². The van der Waals surface area contributed by atoms with Crippen molar-refractivity contribution in [3.05, 3.63) is 30.1 Å². The molecule has 1 aromatic heterocycles. The summed E-state index contributed by atoms with van der Waals surface area (Å²) in [6.07, 6.45) is 1.69. The molecule has 1 heterocycles. The maximum atomic E-state index is 11.7. The Labute approximate surface area is 105 Å².